The fourth-order valence-electron chi connectivity index (χ4n) is 1.18. The lowest BCUT2D eigenvalue weighted by Gasteiger charge is -2.15. The van der Waals surface area contributed by atoms with E-state index in [9.17, 15) is 0 Å². The second-order valence-corrected chi connectivity index (χ2v) is 3.61. The van der Waals surface area contributed by atoms with Crippen molar-refractivity contribution in [3.8, 4) is 0 Å². The van der Waals surface area contributed by atoms with E-state index >= 15 is 0 Å². The van der Waals surface area contributed by atoms with E-state index in [1.165, 1.54) is 0 Å². The molecule has 0 aliphatic rings. The van der Waals surface area contributed by atoms with Crippen LogP contribution in [0.1, 0.15) is 5.56 Å². The molecular weight excluding hydrogens is 200 g/mol. The van der Waals surface area contributed by atoms with Gasteiger partial charge in [-0.2, -0.15) is 5.48 Å². The van der Waals surface area contributed by atoms with Gasteiger partial charge in [-0.3, -0.25) is 0 Å². The predicted molar refractivity (Wildman–Crippen MR) is 59.6 cm³/mol. The smallest absolute Gasteiger partial charge is 0.0642 e. The maximum Gasteiger partial charge on any atom is 0.0642 e. The molecule has 1 rings (SSSR count). The molecule has 1 aromatic rings. The maximum absolute atomic E-state index is 6.09. The Morgan fingerprint density at radius 2 is 2.14 bits per heavy atom. The molecule has 0 unspecified atom stereocenters. The standard InChI is InChI=1S/C10H15ClN2O/c1-13(2)10-5-4-8(6-9(10)11)7-12-14-3/h4-6,12H,7H2,1-3H3. The molecule has 0 saturated heterocycles. The zero-order chi connectivity index (χ0) is 10.6. The average Bonchev–Trinajstić information content (AvgIpc) is 2.14. The predicted octanol–water partition coefficient (Wildman–Crippen LogP) is 2.06. The van der Waals surface area contributed by atoms with Crippen LogP contribution in [-0.4, -0.2) is 21.2 Å². The number of nitrogens with one attached hydrogen (secondary N) is 1. The van der Waals surface area contributed by atoms with Gasteiger partial charge in [0, 0.05) is 20.6 Å². The SMILES string of the molecule is CONCc1ccc(N(C)C)c(Cl)c1. The van der Waals surface area contributed by atoms with E-state index in [1.807, 2.05) is 37.2 Å². The molecule has 14 heavy (non-hydrogen) atoms. The Labute approximate surface area is 89.6 Å². The van der Waals surface area contributed by atoms with E-state index < -0.39 is 0 Å². The highest BCUT2D eigenvalue weighted by molar-refractivity contribution is 6.33. The minimum absolute atomic E-state index is 0.657. The highest BCUT2D eigenvalue weighted by atomic mass is 35.5. The summed E-state index contributed by atoms with van der Waals surface area (Å²) in [6.07, 6.45) is 0. The largest absolute Gasteiger partial charge is 0.376 e. The number of hydrogen-bond acceptors (Lipinski definition) is 3. The zero-order valence-corrected chi connectivity index (χ0v) is 9.43. The Balaban J connectivity index is 2.78. The molecule has 0 fully saturated rings. The van der Waals surface area contributed by atoms with Crippen molar-refractivity contribution in [3.63, 3.8) is 0 Å². The summed E-state index contributed by atoms with van der Waals surface area (Å²) in [4.78, 5) is 6.74. The molecule has 0 bridgehead atoms. The minimum atomic E-state index is 0.657. The van der Waals surface area contributed by atoms with Crippen molar-refractivity contribution in [3.05, 3.63) is 28.8 Å². The molecule has 78 valence electrons. The number of benzene rings is 1. The van der Waals surface area contributed by atoms with Gasteiger partial charge in [0.2, 0.25) is 0 Å². The molecule has 3 nitrogen and oxygen atoms in total. The van der Waals surface area contributed by atoms with Gasteiger partial charge in [-0.15, -0.1) is 0 Å². The Morgan fingerprint density at radius 1 is 1.43 bits per heavy atom. The van der Waals surface area contributed by atoms with Crippen molar-refractivity contribution in [2.45, 2.75) is 6.54 Å². The number of halogens is 1. The summed E-state index contributed by atoms with van der Waals surface area (Å²) in [5.74, 6) is 0. The Bertz CT molecular complexity index is 302. The third kappa shape index (κ3) is 2.87. The summed E-state index contributed by atoms with van der Waals surface area (Å²) in [6.45, 7) is 0.657. The molecule has 0 atom stereocenters. The summed E-state index contributed by atoms with van der Waals surface area (Å²) in [6, 6.07) is 5.95. The van der Waals surface area contributed by atoms with Crippen molar-refractivity contribution in [2.75, 3.05) is 26.1 Å². The van der Waals surface area contributed by atoms with Gasteiger partial charge >= 0.3 is 0 Å². The fourth-order valence-corrected chi connectivity index (χ4v) is 1.55. The molecule has 1 N–H and O–H groups in total. The first-order valence-electron chi connectivity index (χ1n) is 4.36. The Morgan fingerprint density at radius 3 is 2.64 bits per heavy atom. The number of rotatable bonds is 4. The van der Waals surface area contributed by atoms with Crippen LogP contribution in [0.15, 0.2) is 18.2 Å². The van der Waals surface area contributed by atoms with Crippen LogP contribution in [-0.2, 0) is 11.4 Å². The number of anilines is 1. The summed E-state index contributed by atoms with van der Waals surface area (Å²) in [5.41, 5.74) is 4.89. The molecule has 0 aliphatic heterocycles. The number of hydrogen-bond donors (Lipinski definition) is 1. The maximum atomic E-state index is 6.09. The van der Waals surface area contributed by atoms with Crippen molar-refractivity contribution in [2.24, 2.45) is 0 Å². The zero-order valence-electron chi connectivity index (χ0n) is 8.67. The molecule has 0 saturated carbocycles. The lowest BCUT2D eigenvalue weighted by molar-refractivity contribution is 0.0867. The van der Waals surface area contributed by atoms with Crippen LogP contribution in [0.25, 0.3) is 0 Å². The molecule has 0 amide bonds. The molecular formula is C10H15ClN2O. The van der Waals surface area contributed by atoms with Crippen LogP contribution in [0, 0.1) is 0 Å². The van der Waals surface area contributed by atoms with E-state index in [1.54, 1.807) is 7.11 Å². The van der Waals surface area contributed by atoms with Crippen molar-refractivity contribution in [1.29, 1.82) is 0 Å². The van der Waals surface area contributed by atoms with Gasteiger partial charge in [-0.1, -0.05) is 17.7 Å². The topological polar surface area (TPSA) is 24.5 Å². The molecule has 0 aromatic heterocycles. The quantitative estimate of drug-likeness (QED) is 0.777. The molecule has 0 spiro atoms. The first-order chi connectivity index (χ1) is 6.65. The molecule has 0 aliphatic carbocycles. The second kappa shape index (κ2) is 5.20. The third-order valence-corrected chi connectivity index (χ3v) is 2.22. The summed E-state index contributed by atoms with van der Waals surface area (Å²) >= 11 is 6.09. The number of hydroxylamine groups is 1. The minimum Gasteiger partial charge on any atom is -0.376 e. The van der Waals surface area contributed by atoms with E-state index in [-0.39, 0.29) is 0 Å². The molecule has 1 aromatic carbocycles. The van der Waals surface area contributed by atoms with Gasteiger partial charge in [0.1, 0.15) is 0 Å². The van der Waals surface area contributed by atoms with Crippen molar-refractivity contribution in [1.82, 2.24) is 5.48 Å². The first-order valence-corrected chi connectivity index (χ1v) is 4.74. The van der Waals surface area contributed by atoms with Gasteiger partial charge in [0.25, 0.3) is 0 Å². The highest BCUT2D eigenvalue weighted by Crippen LogP contribution is 2.24. The van der Waals surface area contributed by atoms with Crippen LogP contribution >= 0.6 is 11.6 Å². The van der Waals surface area contributed by atoms with Gasteiger partial charge in [0.15, 0.2) is 0 Å². The van der Waals surface area contributed by atoms with Crippen LogP contribution in [0.5, 0.6) is 0 Å². The highest BCUT2D eigenvalue weighted by Gasteiger charge is 2.02. The first kappa shape index (κ1) is 11.3. The Hall–Kier alpha value is -0.770. The van der Waals surface area contributed by atoms with Crippen LogP contribution in [0.4, 0.5) is 5.69 Å². The monoisotopic (exact) mass is 214 g/mol. The molecule has 0 heterocycles. The fraction of sp³-hybridized carbons (Fsp3) is 0.400. The van der Waals surface area contributed by atoms with Crippen molar-refractivity contribution < 1.29 is 4.84 Å². The molecule has 0 radical (unpaired) electrons. The average molecular weight is 215 g/mol. The van der Waals surface area contributed by atoms with Crippen LogP contribution in [0.3, 0.4) is 0 Å². The van der Waals surface area contributed by atoms with E-state index in [4.69, 9.17) is 16.4 Å². The number of nitrogens with zero attached hydrogens (tertiary/aromatic N) is 1. The lowest BCUT2D eigenvalue weighted by Crippen LogP contribution is -2.12. The Kier molecular flexibility index (Phi) is 4.20. The van der Waals surface area contributed by atoms with E-state index in [0.717, 1.165) is 16.3 Å². The third-order valence-electron chi connectivity index (χ3n) is 1.91. The van der Waals surface area contributed by atoms with Gasteiger partial charge in [-0.25, -0.2) is 0 Å². The summed E-state index contributed by atoms with van der Waals surface area (Å²) < 4.78 is 0. The van der Waals surface area contributed by atoms with Crippen LogP contribution < -0.4 is 10.4 Å². The van der Waals surface area contributed by atoms with Gasteiger partial charge in [0.05, 0.1) is 17.8 Å². The van der Waals surface area contributed by atoms with Gasteiger partial charge in [-0.05, 0) is 17.7 Å². The van der Waals surface area contributed by atoms with Crippen molar-refractivity contribution >= 4 is 17.3 Å². The summed E-state index contributed by atoms with van der Waals surface area (Å²) in [7, 11) is 5.53. The second-order valence-electron chi connectivity index (χ2n) is 3.21. The summed E-state index contributed by atoms with van der Waals surface area (Å²) in [5, 5.41) is 0.755. The van der Waals surface area contributed by atoms with Crippen LogP contribution in [0.2, 0.25) is 5.02 Å². The van der Waals surface area contributed by atoms with E-state index in [0.29, 0.717) is 6.54 Å². The normalized spacial score (nSPS) is 10.3. The lowest BCUT2D eigenvalue weighted by atomic mass is 10.2. The van der Waals surface area contributed by atoms with E-state index in [2.05, 4.69) is 5.48 Å². The molecule has 4 heteroatoms. The van der Waals surface area contributed by atoms with Gasteiger partial charge < -0.3 is 9.74 Å².